The lowest BCUT2D eigenvalue weighted by atomic mass is 10.3. The Bertz CT molecular complexity index is 314. The molecule has 0 spiro atoms. The Balaban J connectivity index is 1.93. The summed E-state index contributed by atoms with van der Waals surface area (Å²) in [6, 6.07) is 0.486. The third-order valence-electron chi connectivity index (χ3n) is 2.81. The van der Waals surface area contributed by atoms with E-state index >= 15 is 0 Å². The van der Waals surface area contributed by atoms with Gasteiger partial charge in [0.1, 0.15) is 5.82 Å². The van der Waals surface area contributed by atoms with Crippen LogP contribution in [0, 0.1) is 0 Å². The molecule has 1 N–H and O–H groups in total. The number of nitrogens with zero attached hydrogens (tertiary/aromatic N) is 3. The maximum Gasteiger partial charge on any atom is 0.147 e. The molecule has 1 aliphatic rings. The van der Waals surface area contributed by atoms with Crippen molar-refractivity contribution in [2.75, 3.05) is 18.0 Å². The molecule has 0 atom stereocenters. The number of anilines is 1. The van der Waals surface area contributed by atoms with Gasteiger partial charge in [-0.25, -0.2) is 4.98 Å². The first-order valence-corrected chi connectivity index (χ1v) is 6.05. The Kier molecular flexibility index (Phi) is 3.72. The fraction of sp³-hybridized carbons (Fsp3) is 0.667. The van der Waals surface area contributed by atoms with E-state index in [9.17, 15) is 0 Å². The lowest BCUT2D eigenvalue weighted by Crippen LogP contribution is -2.23. The van der Waals surface area contributed by atoms with Gasteiger partial charge in [0.25, 0.3) is 0 Å². The summed E-state index contributed by atoms with van der Waals surface area (Å²) < 4.78 is 0. The van der Waals surface area contributed by atoms with Crippen LogP contribution in [0.4, 0.5) is 5.82 Å². The predicted molar refractivity (Wildman–Crippen MR) is 65.5 cm³/mol. The van der Waals surface area contributed by atoms with Gasteiger partial charge in [0, 0.05) is 25.7 Å². The van der Waals surface area contributed by atoms with Crippen LogP contribution in [0.15, 0.2) is 12.4 Å². The van der Waals surface area contributed by atoms with Crippen LogP contribution in [0.25, 0.3) is 0 Å². The SMILES string of the molecule is CC(C)NCc1cnc(N2CCCC2)cn1. The summed E-state index contributed by atoms with van der Waals surface area (Å²) >= 11 is 0. The Morgan fingerprint density at radius 2 is 2.00 bits per heavy atom. The quantitative estimate of drug-likeness (QED) is 0.836. The molecule has 1 fully saturated rings. The van der Waals surface area contributed by atoms with E-state index in [1.54, 1.807) is 0 Å². The van der Waals surface area contributed by atoms with E-state index in [1.807, 2.05) is 12.4 Å². The average Bonchev–Trinajstić information content (AvgIpc) is 2.80. The van der Waals surface area contributed by atoms with Gasteiger partial charge in [0.05, 0.1) is 18.1 Å². The highest BCUT2D eigenvalue weighted by Crippen LogP contribution is 2.16. The largest absolute Gasteiger partial charge is 0.355 e. The first-order valence-electron chi connectivity index (χ1n) is 6.05. The van der Waals surface area contributed by atoms with Crippen LogP contribution >= 0.6 is 0 Å². The fourth-order valence-electron chi connectivity index (χ4n) is 1.86. The highest BCUT2D eigenvalue weighted by molar-refractivity contribution is 5.36. The van der Waals surface area contributed by atoms with Gasteiger partial charge in [-0.15, -0.1) is 0 Å². The maximum atomic E-state index is 4.46. The number of rotatable bonds is 4. The van der Waals surface area contributed by atoms with Gasteiger partial charge in [-0.2, -0.15) is 0 Å². The molecule has 88 valence electrons. The Morgan fingerprint density at radius 1 is 1.25 bits per heavy atom. The maximum absolute atomic E-state index is 4.46. The van der Waals surface area contributed by atoms with Crippen LogP contribution in [0.1, 0.15) is 32.4 Å². The Labute approximate surface area is 97.1 Å². The van der Waals surface area contributed by atoms with Crippen LogP contribution in [-0.2, 0) is 6.54 Å². The number of hydrogen-bond donors (Lipinski definition) is 1. The molecule has 1 aromatic rings. The molecule has 16 heavy (non-hydrogen) atoms. The zero-order valence-corrected chi connectivity index (χ0v) is 10.1. The van der Waals surface area contributed by atoms with E-state index in [1.165, 1.54) is 12.8 Å². The summed E-state index contributed by atoms with van der Waals surface area (Å²) in [6.07, 6.45) is 6.32. The van der Waals surface area contributed by atoms with Crippen molar-refractivity contribution in [3.63, 3.8) is 0 Å². The van der Waals surface area contributed by atoms with Gasteiger partial charge < -0.3 is 10.2 Å². The second-order valence-corrected chi connectivity index (χ2v) is 4.60. The van der Waals surface area contributed by atoms with Crippen molar-refractivity contribution in [2.24, 2.45) is 0 Å². The summed E-state index contributed by atoms with van der Waals surface area (Å²) in [4.78, 5) is 11.2. The highest BCUT2D eigenvalue weighted by atomic mass is 15.2. The van der Waals surface area contributed by atoms with Crippen molar-refractivity contribution in [1.82, 2.24) is 15.3 Å². The summed E-state index contributed by atoms with van der Waals surface area (Å²) in [5, 5.41) is 3.33. The first-order chi connectivity index (χ1) is 7.75. The molecule has 2 rings (SSSR count). The zero-order chi connectivity index (χ0) is 11.4. The zero-order valence-electron chi connectivity index (χ0n) is 10.1. The monoisotopic (exact) mass is 220 g/mol. The van der Waals surface area contributed by atoms with Gasteiger partial charge in [-0.05, 0) is 12.8 Å². The predicted octanol–water partition coefficient (Wildman–Crippen LogP) is 1.57. The van der Waals surface area contributed by atoms with Gasteiger partial charge >= 0.3 is 0 Å². The molecule has 0 aliphatic carbocycles. The lowest BCUT2D eigenvalue weighted by Gasteiger charge is -2.15. The van der Waals surface area contributed by atoms with Crippen LogP contribution in [0.3, 0.4) is 0 Å². The van der Waals surface area contributed by atoms with E-state index in [0.717, 1.165) is 31.1 Å². The average molecular weight is 220 g/mol. The Hall–Kier alpha value is -1.16. The van der Waals surface area contributed by atoms with Crippen molar-refractivity contribution in [3.8, 4) is 0 Å². The Morgan fingerprint density at radius 3 is 2.56 bits per heavy atom. The minimum absolute atomic E-state index is 0.486. The molecular formula is C12H20N4. The molecule has 0 unspecified atom stereocenters. The van der Waals surface area contributed by atoms with Gasteiger partial charge in [-0.1, -0.05) is 13.8 Å². The third kappa shape index (κ3) is 2.92. The van der Waals surface area contributed by atoms with Crippen molar-refractivity contribution in [1.29, 1.82) is 0 Å². The van der Waals surface area contributed by atoms with Crippen molar-refractivity contribution >= 4 is 5.82 Å². The van der Waals surface area contributed by atoms with Crippen LogP contribution in [-0.4, -0.2) is 29.1 Å². The topological polar surface area (TPSA) is 41.1 Å². The van der Waals surface area contributed by atoms with Crippen LogP contribution in [0.2, 0.25) is 0 Å². The molecule has 1 aliphatic heterocycles. The fourth-order valence-corrected chi connectivity index (χ4v) is 1.86. The minimum Gasteiger partial charge on any atom is -0.355 e. The van der Waals surface area contributed by atoms with E-state index < -0.39 is 0 Å². The van der Waals surface area contributed by atoms with E-state index in [-0.39, 0.29) is 0 Å². The van der Waals surface area contributed by atoms with Gasteiger partial charge in [0.2, 0.25) is 0 Å². The number of hydrogen-bond acceptors (Lipinski definition) is 4. The summed E-state index contributed by atoms with van der Waals surface area (Å²) in [6.45, 7) is 7.31. The molecular weight excluding hydrogens is 200 g/mol. The second-order valence-electron chi connectivity index (χ2n) is 4.60. The molecule has 0 amide bonds. The van der Waals surface area contributed by atoms with Crippen molar-refractivity contribution in [2.45, 2.75) is 39.3 Å². The van der Waals surface area contributed by atoms with E-state index in [0.29, 0.717) is 6.04 Å². The van der Waals surface area contributed by atoms with Gasteiger partial charge in [0.15, 0.2) is 0 Å². The molecule has 1 aromatic heterocycles. The van der Waals surface area contributed by atoms with Crippen LogP contribution < -0.4 is 10.2 Å². The first kappa shape index (κ1) is 11.3. The van der Waals surface area contributed by atoms with Crippen molar-refractivity contribution < 1.29 is 0 Å². The summed E-state index contributed by atoms with van der Waals surface area (Å²) in [5.74, 6) is 1.02. The number of nitrogens with one attached hydrogen (secondary N) is 1. The normalized spacial score (nSPS) is 16.1. The number of aromatic nitrogens is 2. The van der Waals surface area contributed by atoms with Crippen LogP contribution in [0.5, 0.6) is 0 Å². The van der Waals surface area contributed by atoms with E-state index in [4.69, 9.17) is 0 Å². The molecule has 1 saturated heterocycles. The third-order valence-corrected chi connectivity index (χ3v) is 2.81. The smallest absolute Gasteiger partial charge is 0.147 e. The summed E-state index contributed by atoms with van der Waals surface area (Å²) in [7, 11) is 0. The van der Waals surface area contributed by atoms with E-state index in [2.05, 4.69) is 34.0 Å². The molecule has 0 radical (unpaired) electrons. The van der Waals surface area contributed by atoms with Gasteiger partial charge in [-0.3, -0.25) is 4.98 Å². The molecule has 0 saturated carbocycles. The molecule has 0 aromatic carbocycles. The van der Waals surface area contributed by atoms with Crippen molar-refractivity contribution in [3.05, 3.63) is 18.1 Å². The molecule has 2 heterocycles. The second kappa shape index (κ2) is 5.25. The highest BCUT2D eigenvalue weighted by Gasteiger charge is 2.13. The minimum atomic E-state index is 0.486. The molecule has 4 nitrogen and oxygen atoms in total. The standard InChI is InChI=1S/C12H20N4/c1-10(2)13-7-11-8-15-12(9-14-11)16-5-3-4-6-16/h8-10,13H,3-7H2,1-2H3. The lowest BCUT2D eigenvalue weighted by molar-refractivity contribution is 0.580. The molecule has 4 heteroatoms. The summed E-state index contributed by atoms with van der Waals surface area (Å²) in [5.41, 5.74) is 1.01. The molecule has 0 bridgehead atoms.